The van der Waals surface area contributed by atoms with Gasteiger partial charge in [-0.05, 0) is 39.8 Å². The van der Waals surface area contributed by atoms with Crippen LogP contribution in [-0.4, -0.2) is 15.0 Å². The van der Waals surface area contributed by atoms with Crippen LogP contribution in [0.15, 0.2) is 45.2 Å². The summed E-state index contributed by atoms with van der Waals surface area (Å²) in [5.41, 5.74) is 0. The second-order valence-corrected chi connectivity index (χ2v) is 4.94. The van der Waals surface area contributed by atoms with Crippen molar-refractivity contribution in [2.75, 3.05) is 0 Å². The number of aromatic nitrogens is 3. The highest BCUT2D eigenvalue weighted by Gasteiger charge is 2.01. The van der Waals surface area contributed by atoms with Crippen LogP contribution in [-0.2, 0) is 0 Å². The van der Waals surface area contributed by atoms with E-state index >= 15 is 0 Å². The molecule has 0 aromatic carbocycles. The van der Waals surface area contributed by atoms with Gasteiger partial charge in [0, 0.05) is 10.7 Å². The van der Waals surface area contributed by atoms with Gasteiger partial charge in [0.2, 0.25) is 0 Å². The molecule has 0 aliphatic rings. The number of rotatable bonds is 2. The number of hydrogen-bond acceptors (Lipinski definition) is 4. The minimum atomic E-state index is 0.386. The molecule has 2 rings (SSSR count). The van der Waals surface area contributed by atoms with Crippen LogP contribution in [0.5, 0.6) is 0 Å². The van der Waals surface area contributed by atoms with E-state index in [4.69, 9.17) is 11.6 Å². The van der Waals surface area contributed by atoms with E-state index < -0.39 is 0 Å². The summed E-state index contributed by atoms with van der Waals surface area (Å²) < 4.78 is 0.948. The highest BCUT2D eigenvalue weighted by molar-refractivity contribution is 9.10. The number of pyridine rings is 1. The fraction of sp³-hybridized carbons (Fsp3) is 0. The van der Waals surface area contributed by atoms with Crippen LogP contribution in [0.25, 0.3) is 0 Å². The van der Waals surface area contributed by atoms with E-state index in [9.17, 15) is 0 Å². The highest BCUT2D eigenvalue weighted by atomic mass is 79.9. The van der Waals surface area contributed by atoms with Gasteiger partial charge in [0.25, 0.3) is 0 Å². The van der Waals surface area contributed by atoms with Crippen molar-refractivity contribution in [2.24, 2.45) is 0 Å². The molecule has 0 radical (unpaired) electrons. The van der Waals surface area contributed by atoms with Crippen molar-refractivity contribution in [3.63, 3.8) is 0 Å². The molecule has 2 aromatic heterocycles. The molecule has 0 aliphatic carbocycles. The van der Waals surface area contributed by atoms with E-state index in [0.717, 1.165) is 14.5 Å². The van der Waals surface area contributed by atoms with Crippen LogP contribution < -0.4 is 0 Å². The number of nitrogens with zero attached hydrogens (tertiary/aromatic N) is 3. The molecule has 0 fully saturated rings. The second-order valence-electron chi connectivity index (χ2n) is 2.60. The molecule has 0 saturated heterocycles. The normalized spacial score (nSPS) is 10.3. The lowest BCUT2D eigenvalue weighted by Crippen LogP contribution is -1.84. The van der Waals surface area contributed by atoms with Crippen LogP contribution in [0.1, 0.15) is 0 Å². The van der Waals surface area contributed by atoms with Crippen molar-refractivity contribution in [1.29, 1.82) is 0 Å². The van der Waals surface area contributed by atoms with Gasteiger partial charge >= 0.3 is 0 Å². The summed E-state index contributed by atoms with van der Waals surface area (Å²) in [6, 6.07) is 3.82. The molecule has 0 saturated carbocycles. The summed E-state index contributed by atoms with van der Waals surface area (Å²) >= 11 is 10.5. The third-order valence-corrected chi connectivity index (χ3v) is 3.00. The maximum Gasteiger partial charge on any atom is 0.148 e. The highest BCUT2D eigenvalue weighted by Crippen LogP contribution is 2.24. The quantitative estimate of drug-likeness (QED) is 0.852. The predicted octanol–water partition coefficient (Wildman–Crippen LogP) is 3.44. The summed E-state index contributed by atoms with van der Waals surface area (Å²) in [4.78, 5) is 12.3. The Hall–Kier alpha value is -0.650. The van der Waals surface area contributed by atoms with Crippen LogP contribution in [0.4, 0.5) is 0 Å². The standard InChI is InChI=1S/C9H5BrClN3S/c10-6-1-2-8(13-3-6)15-9-5-12-4-7(11)14-9/h1-5H. The first-order chi connectivity index (χ1) is 7.24. The van der Waals surface area contributed by atoms with Gasteiger partial charge in [-0.15, -0.1) is 0 Å². The Bertz CT molecular complexity index is 463. The summed E-state index contributed by atoms with van der Waals surface area (Å²) in [5.74, 6) is 0. The Morgan fingerprint density at radius 2 is 2.00 bits per heavy atom. The third-order valence-electron chi connectivity index (χ3n) is 1.49. The van der Waals surface area contributed by atoms with Gasteiger partial charge < -0.3 is 0 Å². The zero-order chi connectivity index (χ0) is 10.7. The van der Waals surface area contributed by atoms with E-state index in [0.29, 0.717) is 5.15 Å². The average molecular weight is 303 g/mol. The molecule has 2 aromatic rings. The fourth-order valence-corrected chi connectivity index (χ4v) is 2.05. The Labute approximate surface area is 104 Å². The summed E-state index contributed by atoms with van der Waals surface area (Å²) in [6.45, 7) is 0. The van der Waals surface area contributed by atoms with Crippen molar-refractivity contribution in [2.45, 2.75) is 10.1 Å². The maximum absolute atomic E-state index is 5.72. The van der Waals surface area contributed by atoms with Crippen LogP contribution in [0, 0.1) is 0 Å². The van der Waals surface area contributed by atoms with Gasteiger partial charge in [-0.25, -0.2) is 9.97 Å². The molecule has 0 N–H and O–H groups in total. The fourth-order valence-electron chi connectivity index (χ4n) is 0.904. The van der Waals surface area contributed by atoms with Gasteiger partial charge in [0.05, 0.1) is 12.4 Å². The lowest BCUT2D eigenvalue weighted by atomic mass is 10.5. The monoisotopic (exact) mass is 301 g/mol. The smallest absolute Gasteiger partial charge is 0.148 e. The van der Waals surface area contributed by atoms with Gasteiger partial charge in [-0.2, -0.15) is 0 Å². The Kier molecular flexibility index (Phi) is 3.56. The van der Waals surface area contributed by atoms with Crippen molar-refractivity contribution in [3.05, 3.63) is 40.3 Å². The lowest BCUT2D eigenvalue weighted by molar-refractivity contribution is 1.04. The lowest BCUT2D eigenvalue weighted by Gasteiger charge is -1.99. The molecule has 3 nitrogen and oxygen atoms in total. The minimum Gasteiger partial charge on any atom is -0.259 e. The van der Waals surface area contributed by atoms with Crippen molar-refractivity contribution in [3.8, 4) is 0 Å². The van der Waals surface area contributed by atoms with Crippen molar-refractivity contribution in [1.82, 2.24) is 15.0 Å². The molecule has 15 heavy (non-hydrogen) atoms. The van der Waals surface area contributed by atoms with E-state index in [2.05, 4.69) is 30.9 Å². The average Bonchev–Trinajstić information content (AvgIpc) is 2.22. The van der Waals surface area contributed by atoms with E-state index in [1.165, 1.54) is 18.0 Å². The van der Waals surface area contributed by atoms with Gasteiger partial charge in [0.15, 0.2) is 0 Å². The minimum absolute atomic E-state index is 0.386. The van der Waals surface area contributed by atoms with Gasteiger partial charge in [0.1, 0.15) is 15.2 Å². The van der Waals surface area contributed by atoms with Crippen LogP contribution >= 0.6 is 39.3 Å². The first-order valence-electron chi connectivity index (χ1n) is 4.01. The largest absolute Gasteiger partial charge is 0.259 e. The molecule has 0 amide bonds. The molecule has 76 valence electrons. The Balaban J connectivity index is 2.18. The molecule has 0 spiro atoms. The third kappa shape index (κ3) is 3.15. The number of halogens is 2. The summed E-state index contributed by atoms with van der Waals surface area (Å²) in [7, 11) is 0. The van der Waals surface area contributed by atoms with E-state index in [-0.39, 0.29) is 0 Å². The van der Waals surface area contributed by atoms with E-state index in [1.807, 2.05) is 12.1 Å². The molecule has 0 unspecified atom stereocenters. The van der Waals surface area contributed by atoms with Crippen molar-refractivity contribution >= 4 is 39.3 Å². The van der Waals surface area contributed by atoms with Crippen LogP contribution in [0.2, 0.25) is 5.15 Å². The molecule has 0 aliphatic heterocycles. The Morgan fingerprint density at radius 1 is 1.13 bits per heavy atom. The van der Waals surface area contributed by atoms with Gasteiger partial charge in [-0.1, -0.05) is 11.6 Å². The Morgan fingerprint density at radius 3 is 2.67 bits per heavy atom. The summed E-state index contributed by atoms with van der Waals surface area (Å²) in [6.07, 6.45) is 4.89. The zero-order valence-corrected chi connectivity index (χ0v) is 10.6. The predicted molar refractivity (Wildman–Crippen MR) is 63.1 cm³/mol. The molecular weight excluding hydrogens is 298 g/mol. The first-order valence-corrected chi connectivity index (χ1v) is 6.00. The molecule has 0 bridgehead atoms. The topological polar surface area (TPSA) is 38.7 Å². The van der Waals surface area contributed by atoms with Crippen molar-refractivity contribution < 1.29 is 0 Å². The first kappa shape index (κ1) is 10.9. The van der Waals surface area contributed by atoms with Gasteiger partial charge in [-0.3, -0.25) is 4.98 Å². The second kappa shape index (κ2) is 4.92. The zero-order valence-electron chi connectivity index (χ0n) is 7.39. The maximum atomic E-state index is 5.72. The van der Waals surface area contributed by atoms with E-state index in [1.54, 1.807) is 12.4 Å². The molecule has 2 heterocycles. The SMILES string of the molecule is Clc1cncc(Sc2ccc(Br)cn2)n1. The summed E-state index contributed by atoms with van der Waals surface area (Å²) in [5, 5.41) is 1.98. The molecule has 0 atom stereocenters. The number of hydrogen-bond donors (Lipinski definition) is 0. The molecule has 6 heteroatoms. The van der Waals surface area contributed by atoms with Crippen LogP contribution in [0.3, 0.4) is 0 Å². The molecular formula is C9H5BrClN3S.